The van der Waals surface area contributed by atoms with Crippen LogP contribution in [0.4, 0.5) is 17.1 Å². The van der Waals surface area contributed by atoms with Crippen molar-refractivity contribution in [1.29, 1.82) is 0 Å². The Balaban J connectivity index is 1.09. The Morgan fingerprint density at radius 1 is 0.855 bits per heavy atom. The van der Waals surface area contributed by atoms with Crippen molar-refractivity contribution >= 4 is 62.3 Å². The highest BCUT2D eigenvalue weighted by Gasteiger charge is 2.48. The quantitative estimate of drug-likeness (QED) is 0.0304. The van der Waals surface area contributed by atoms with Gasteiger partial charge < -0.3 is 20.6 Å². The number of carbonyl (C=O) groups excluding carboxylic acids is 1. The Morgan fingerprint density at radius 3 is 2.18 bits per heavy atom. The number of anilines is 2. The van der Waals surface area contributed by atoms with Crippen molar-refractivity contribution < 1.29 is 28.0 Å². The molecule has 13 nitrogen and oxygen atoms in total. The highest BCUT2D eigenvalue weighted by Crippen LogP contribution is 2.45. The number of benzene rings is 5. The van der Waals surface area contributed by atoms with Gasteiger partial charge in [0.05, 0.1) is 10.3 Å². The summed E-state index contributed by atoms with van der Waals surface area (Å²) in [6.45, 7) is 4.93. The first-order chi connectivity index (χ1) is 29.9. The molecule has 0 radical (unpaired) electrons. The molecule has 0 bridgehead atoms. The number of sulfonamides is 1. The molecule has 324 valence electrons. The molecule has 0 spiro atoms. The minimum atomic E-state index is -4.75. The topological polar surface area (TPSA) is 174 Å². The molecule has 4 N–H and O–H groups in total. The Labute approximate surface area is 371 Å². The highest BCUT2D eigenvalue weighted by molar-refractivity contribution is 8.14. The molecule has 1 amide bonds. The summed E-state index contributed by atoms with van der Waals surface area (Å²) in [4.78, 5) is 43.3. The van der Waals surface area contributed by atoms with Crippen molar-refractivity contribution in [2.45, 2.75) is 47.7 Å². The van der Waals surface area contributed by atoms with Crippen LogP contribution in [0.1, 0.15) is 48.0 Å². The molecule has 5 aromatic rings. The van der Waals surface area contributed by atoms with Crippen molar-refractivity contribution in [3.8, 4) is 11.1 Å². The van der Waals surface area contributed by atoms with E-state index in [1.54, 1.807) is 60.7 Å². The molecule has 1 unspecified atom stereocenters. The van der Waals surface area contributed by atoms with Crippen LogP contribution in [0.25, 0.3) is 11.1 Å². The van der Waals surface area contributed by atoms with Crippen LogP contribution in [-0.2, 0) is 21.4 Å². The number of hydrogen-bond acceptors (Lipinski definition) is 11. The number of carboxylic acid groups (broad SMARTS) is 1. The van der Waals surface area contributed by atoms with Gasteiger partial charge in [0.1, 0.15) is 5.69 Å². The number of carboxylic acids is 1. The number of amides is 1. The van der Waals surface area contributed by atoms with E-state index < -0.39 is 36.4 Å². The van der Waals surface area contributed by atoms with E-state index in [9.17, 15) is 33.2 Å². The standard InChI is InChI=1S/C46H49ClN6O7S2/c47-37-19-15-34(16-20-37)40-12-5-4-9-36(40)33-51-29-31-52(32-30-51)38-21-17-35(18-22-38)43(54)50-62(59,60)46(61-39-10-2-1-3-11-39,49-41-13-6-7-14-42(41)53(57)58)24-8-23-45(44(55)56)25-27-48-28-26-45/h1-7,9-22,48-49H,8,23-33H2,(H,50,54)(H,55,56). The van der Waals surface area contributed by atoms with Crippen molar-refractivity contribution in [1.82, 2.24) is 14.9 Å². The molecule has 5 aromatic carbocycles. The largest absolute Gasteiger partial charge is 0.481 e. The lowest BCUT2D eigenvalue weighted by Crippen LogP contribution is -2.51. The van der Waals surface area contributed by atoms with Gasteiger partial charge >= 0.3 is 5.97 Å². The number of piperazine rings is 1. The second-order valence-corrected chi connectivity index (χ2v) is 19.6. The van der Waals surface area contributed by atoms with Gasteiger partial charge in [-0.1, -0.05) is 90.1 Å². The van der Waals surface area contributed by atoms with E-state index in [2.05, 4.69) is 43.4 Å². The molecule has 2 saturated heterocycles. The molecule has 62 heavy (non-hydrogen) atoms. The number of piperidine rings is 1. The third-order valence-corrected chi connectivity index (χ3v) is 15.7. The molecule has 2 fully saturated rings. The van der Waals surface area contributed by atoms with E-state index in [4.69, 9.17) is 11.6 Å². The van der Waals surface area contributed by atoms with Crippen LogP contribution in [0.3, 0.4) is 0 Å². The molecule has 2 aliphatic rings. The predicted molar refractivity (Wildman–Crippen MR) is 245 cm³/mol. The maximum Gasteiger partial charge on any atom is 0.309 e. The molecule has 2 aliphatic heterocycles. The van der Waals surface area contributed by atoms with Crippen LogP contribution in [-0.4, -0.2) is 78.7 Å². The number of nitrogens with zero attached hydrogens (tertiary/aromatic N) is 3. The number of aliphatic carboxylic acids is 1. The lowest BCUT2D eigenvalue weighted by atomic mass is 9.75. The average Bonchev–Trinajstić information content (AvgIpc) is 3.28. The Hall–Kier alpha value is -5.45. The Bertz CT molecular complexity index is 2460. The number of halogens is 1. The first-order valence-electron chi connectivity index (χ1n) is 20.5. The SMILES string of the molecule is O=C(NS(=O)(=O)C(CCCC1(C(=O)O)CCNCC1)(Nc1ccccc1[N+](=O)[O-])Sc1ccccc1)c1ccc(N2CCN(Cc3ccccc3-c3ccc(Cl)cc3)CC2)cc1. The van der Waals surface area contributed by atoms with E-state index in [0.717, 1.165) is 55.7 Å². The molecular weight excluding hydrogens is 848 g/mol. The summed E-state index contributed by atoms with van der Waals surface area (Å²) in [7, 11) is -4.75. The van der Waals surface area contributed by atoms with Gasteiger partial charge in [-0.2, -0.15) is 0 Å². The number of nitro benzene ring substituents is 1. The van der Waals surface area contributed by atoms with Gasteiger partial charge in [0.15, 0.2) is 0 Å². The van der Waals surface area contributed by atoms with E-state index in [-0.39, 0.29) is 36.2 Å². The van der Waals surface area contributed by atoms with Crippen molar-refractivity contribution in [2.75, 3.05) is 49.5 Å². The van der Waals surface area contributed by atoms with E-state index in [1.165, 1.54) is 29.3 Å². The van der Waals surface area contributed by atoms with Crippen LogP contribution in [0, 0.1) is 15.5 Å². The third-order valence-electron chi connectivity index (χ3n) is 11.7. The van der Waals surface area contributed by atoms with Gasteiger partial charge in [0.2, 0.25) is 4.20 Å². The number of para-hydroxylation sites is 2. The summed E-state index contributed by atoms with van der Waals surface area (Å²) < 4.78 is 30.0. The Kier molecular flexibility index (Phi) is 14.2. The van der Waals surface area contributed by atoms with E-state index in [1.807, 2.05) is 30.3 Å². The van der Waals surface area contributed by atoms with E-state index >= 15 is 0 Å². The molecule has 0 aliphatic carbocycles. The zero-order valence-electron chi connectivity index (χ0n) is 34.0. The molecule has 0 saturated carbocycles. The summed E-state index contributed by atoms with van der Waals surface area (Å²) in [5, 5.41) is 29.4. The third kappa shape index (κ3) is 10.4. The van der Waals surface area contributed by atoms with Crippen molar-refractivity contribution in [2.24, 2.45) is 5.41 Å². The fourth-order valence-corrected chi connectivity index (χ4v) is 11.5. The van der Waals surface area contributed by atoms with Crippen molar-refractivity contribution in [3.63, 3.8) is 0 Å². The monoisotopic (exact) mass is 896 g/mol. The number of thioether (sulfide) groups is 1. The summed E-state index contributed by atoms with van der Waals surface area (Å²) in [6.07, 6.45) is 0.823. The lowest BCUT2D eigenvalue weighted by Gasteiger charge is -2.37. The van der Waals surface area contributed by atoms with Crippen molar-refractivity contribution in [3.05, 3.63) is 154 Å². The van der Waals surface area contributed by atoms with Crippen LogP contribution < -0.4 is 20.3 Å². The fourth-order valence-electron chi connectivity index (χ4n) is 8.22. The normalized spacial score (nSPS) is 16.5. The van der Waals surface area contributed by atoms with Crippen LogP contribution in [0.5, 0.6) is 0 Å². The first-order valence-corrected chi connectivity index (χ1v) is 23.2. The fraction of sp³-hybridized carbons (Fsp3) is 0.304. The summed E-state index contributed by atoms with van der Waals surface area (Å²) in [5.74, 6) is -1.83. The molecule has 2 heterocycles. The van der Waals surface area contributed by atoms with Gasteiger partial charge in [-0.05, 0) is 116 Å². The first kappa shape index (κ1) is 44.6. The molecule has 16 heteroatoms. The average molecular weight is 898 g/mol. The Morgan fingerprint density at radius 2 is 1.50 bits per heavy atom. The summed E-state index contributed by atoms with van der Waals surface area (Å²) >= 11 is 7.04. The maximum atomic E-state index is 14.9. The van der Waals surface area contributed by atoms with Gasteiger partial charge in [-0.3, -0.25) is 24.6 Å². The van der Waals surface area contributed by atoms with Crippen LogP contribution in [0.2, 0.25) is 5.02 Å². The van der Waals surface area contributed by atoms with Gasteiger partial charge in [0, 0.05) is 60.0 Å². The predicted octanol–water partition coefficient (Wildman–Crippen LogP) is 8.48. The molecule has 1 atom stereocenters. The number of nitrogens with one attached hydrogen (secondary N) is 3. The minimum absolute atomic E-state index is 0.0659. The second kappa shape index (κ2) is 19.7. The molecule has 0 aromatic heterocycles. The number of hydrogen-bond donors (Lipinski definition) is 4. The maximum absolute atomic E-state index is 14.9. The van der Waals surface area contributed by atoms with E-state index in [0.29, 0.717) is 35.8 Å². The number of carbonyl (C=O) groups is 2. The number of nitro groups is 1. The zero-order chi connectivity index (χ0) is 43.7. The smallest absolute Gasteiger partial charge is 0.309 e. The molecular formula is C46H49ClN6O7S2. The zero-order valence-corrected chi connectivity index (χ0v) is 36.4. The second-order valence-electron chi connectivity index (χ2n) is 15.7. The molecule has 7 rings (SSSR count). The summed E-state index contributed by atoms with van der Waals surface area (Å²) in [5.41, 5.74) is 3.01. The van der Waals surface area contributed by atoms with Gasteiger partial charge in [0.25, 0.3) is 21.6 Å². The van der Waals surface area contributed by atoms with Crippen LogP contribution in [0.15, 0.2) is 132 Å². The van der Waals surface area contributed by atoms with Gasteiger partial charge in [-0.25, -0.2) is 13.1 Å². The summed E-state index contributed by atoms with van der Waals surface area (Å²) in [6, 6.07) is 37.4. The van der Waals surface area contributed by atoms with Gasteiger partial charge in [-0.15, -0.1) is 0 Å². The minimum Gasteiger partial charge on any atom is -0.481 e. The number of rotatable bonds is 17. The highest BCUT2D eigenvalue weighted by atomic mass is 35.5. The lowest BCUT2D eigenvalue weighted by molar-refractivity contribution is -0.384. The van der Waals surface area contributed by atoms with Crippen LogP contribution >= 0.6 is 23.4 Å².